The average Bonchev–Trinajstić information content (AvgIpc) is 2.61. The van der Waals surface area contributed by atoms with Crippen LogP contribution in [0.3, 0.4) is 0 Å². The van der Waals surface area contributed by atoms with Crippen molar-refractivity contribution in [2.75, 3.05) is 7.11 Å². The zero-order valence-corrected chi connectivity index (χ0v) is 7.64. The van der Waals surface area contributed by atoms with Crippen molar-refractivity contribution in [3.8, 4) is 0 Å². The second-order valence-electron chi connectivity index (χ2n) is 2.76. The Morgan fingerprint density at radius 1 is 1.29 bits per heavy atom. The maximum atomic E-state index is 11.4. The fourth-order valence-electron chi connectivity index (χ4n) is 1.35. The molecule has 0 fully saturated rings. The van der Waals surface area contributed by atoms with E-state index in [1.807, 2.05) is 28.8 Å². The summed E-state index contributed by atoms with van der Waals surface area (Å²) in [5, 5.41) is 0. The minimum atomic E-state index is -0.485. The minimum absolute atomic E-state index is 0.485. The predicted octanol–water partition coefficient (Wildman–Crippen LogP) is 1.66. The molecule has 0 saturated heterocycles. The second-order valence-corrected chi connectivity index (χ2v) is 2.76. The van der Waals surface area contributed by atoms with Crippen LogP contribution >= 0.6 is 0 Å². The van der Waals surface area contributed by atoms with Crippen molar-refractivity contribution >= 4 is 11.5 Å². The van der Waals surface area contributed by atoms with Crippen LogP contribution < -0.4 is 0 Å². The largest absolute Gasteiger partial charge is 0.375 e. The summed E-state index contributed by atoms with van der Waals surface area (Å²) in [6.45, 7) is 0. The van der Waals surface area contributed by atoms with Crippen molar-refractivity contribution in [1.29, 1.82) is 0 Å². The third kappa shape index (κ3) is 1.36. The highest BCUT2D eigenvalue weighted by molar-refractivity contribution is 5.96. The fraction of sp³-hybridized carbons (Fsp3) is 0.100. The number of aromatic nitrogens is 1. The van der Waals surface area contributed by atoms with Crippen LogP contribution in [0, 0.1) is 0 Å². The molecular weight excluding hydrogens is 182 g/mol. The molecule has 0 bridgehead atoms. The Morgan fingerprint density at radius 3 is 2.93 bits per heavy atom. The van der Waals surface area contributed by atoms with Gasteiger partial charge < -0.3 is 4.40 Å². The van der Waals surface area contributed by atoms with Crippen molar-refractivity contribution in [1.82, 2.24) is 4.40 Å². The molecule has 0 radical (unpaired) electrons. The van der Waals surface area contributed by atoms with Crippen molar-refractivity contribution in [2.45, 2.75) is 0 Å². The highest BCUT2D eigenvalue weighted by Crippen LogP contribution is 2.13. The summed E-state index contributed by atoms with van der Waals surface area (Å²) < 4.78 is 1.84. The van der Waals surface area contributed by atoms with E-state index in [1.54, 1.807) is 12.3 Å². The Kier molecular flexibility index (Phi) is 2.20. The number of nitrogens with zero attached hydrogens (tertiary/aromatic N) is 1. The highest BCUT2D eigenvalue weighted by atomic mass is 17.2. The lowest BCUT2D eigenvalue weighted by atomic mass is 10.2. The van der Waals surface area contributed by atoms with Crippen LogP contribution in [0.1, 0.15) is 10.4 Å². The van der Waals surface area contributed by atoms with Crippen LogP contribution in [0.5, 0.6) is 0 Å². The topological polar surface area (TPSA) is 39.9 Å². The van der Waals surface area contributed by atoms with Gasteiger partial charge in [0.15, 0.2) is 0 Å². The average molecular weight is 191 g/mol. The number of carbonyl (C=O) groups excluding carboxylic acids is 1. The monoisotopic (exact) mass is 191 g/mol. The quantitative estimate of drug-likeness (QED) is 0.535. The van der Waals surface area contributed by atoms with Gasteiger partial charge in [-0.3, -0.25) is 4.89 Å². The van der Waals surface area contributed by atoms with Crippen molar-refractivity contribution in [3.63, 3.8) is 0 Å². The first-order valence-electron chi connectivity index (χ1n) is 4.13. The van der Waals surface area contributed by atoms with Gasteiger partial charge in [0.1, 0.15) is 0 Å². The Labute approximate surface area is 80.6 Å². The molecule has 72 valence electrons. The molecule has 0 amide bonds. The molecule has 14 heavy (non-hydrogen) atoms. The van der Waals surface area contributed by atoms with Gasteiger partial charge in [-0.05, 0) is 18.2 Å². The van der Waals surface area contributed by atoms with Gasteiger partial charge in [-0.25, -0.2) is 4.79 Å². The van der Waals surface area contributed by atoms with Gasteiger partial charge in [0.2, 0.25) is 0 Å². The summed E-state index contributed by atoms with van der Waals surface area (Å²) in [7, 11) is 1.30. The maximum Gasteiger partial charge on any atom is 0.375 e. The first-order chi connectivity index (χ1) is 6.83. The van der Waals surface area contributed by atoms with E-state index in [1.165, 1.54) is 7.11 Å². The number of pyridine rings is 1. The lowest BCUT2D eigenvalue weighted by Gasteiger charge is -1.98. The molecule has 4 heteroatoms. The van der Waals surface area contributed by atoms with Gasteiger partial charge in [0.05, 0.1) is 18.2 Å². The SMILES string of the molecule is COOC(=O)c1ccn2ccccc12. The fourth-order valence-corrected chi connectivity index (χ4v) is 1.35. The van der Waals surface area contributed by atoms with Crippen LogP contribution in [0.15, 0.2) is 36.7 Å². The number of hydrogen-bond acceptors (Lipinski definition) is 3. The van der Waals surface area contributed by atoms with Gasteiger partial charge in [0.25, 0.3) is 0 Å². The predicted molar refractivity (Wildman–Crippen MR) is 49.8 cm³/mol. The van der Waals surface area contributed by atoms with E-state index >= 15 is 0 Å². The van der Waals surface area contributed by atoms with Crippen molar-refractivity contribution in [3.05, 3.63) is 42.2 Å². The molecule has 0 aliphatic rings. The highest BCUT2D eigenvalue weighted by Gasteiger charge is 2.12. The van der Waals surface area contributed by atoms with Crippen LogP contribution in [0.2, 0.25) is 0 Å². The van der Waals surface area contributed by atoms with Crippen LogP contribution in [0.25, 0.3) is 5.52 Å². The van der Waals surface area contributed by atoms with E-state index in [2.05, 4.69) is 9.78 Å². The Bertz CT molecular complexity index is 461. The molecule has 0 aromatic carbocycles. The third-order valence-electron chi connectivity index (χ3n) is 1.95. The Balaban J connectivity index is 2.47. The van der Waals surface area contributed by atoms with Crippen LogP contribution in [-0.4, -0.2) is 17.5 Å². The van der Waals surface area contributed by atoms with Crippen molar-refractivity contribution < 1.29 is 14.6 Å². The molecule has 2 aromatic heterocycles. The summed E-state index contributed by atoms with van der Waals surface area (Å²) in [6.07, 6.45) is 3.65. The van der Waals surface area contributed by atoms with Gasteiger partial charge in [-0.2, -0.15) is 4.89 Å². The molecule has 0 saturated carbocycles. The second kappa shape index (κ2) is 3.51. The van der Waals surface area contributed by atoms with Gasteiger partial charge in [-0.1, -0.05) is 6.07 Å². The van der Waals surface area contributed by atoms with Gasteiger partial charge in [-0.15, -0.1) is 0 Å². The molecule has 2 aromatic rings. The Hall–Kier alpha value is -1.81. The van der Waals surface area contributed by atoms with Crippen LogP contribution in [-0.2, 0) is 9.78 Å². The molecule has 0 unspecified atom stereocenters. The number of hydrogen-bond donors (Lipinski definition) is 0. The standard InChI is InChI=1S/C10H9NO3/c1-13-14-10(12)8-5-7-11-6-3-2-4-9(8)11/h2-7H,1H3. The zero-order chi connectivity index (χ0) is 9.97. The maximum absolute atomic E-state index is 11.4. The smallest absolute Gasteiger partial charge is 0.323 e. The van der Waals surface area contributed by atoms with E-state index < -0.39 is 5.97 Å². The number of rotatable bonds is 2. The molecule has 0 atom stereocenters. The molecule has 0 spiro atoms. The normalized spacial score (nSPS) is 10.4. The van der Waals surface area contributed by atoms with E-state index in [-0.39, 0.29) is 0 Å². The van der Waals surface area contributed by atoms with Crippen LogP contribution in [0.4, 0.5) is 0 Å². The number of carbonyl (C=O) groups is 1. The minimum Gasteiger partial charge on any atom is -0.323 e. The van der Waals surface area contributed by atoms with Gasteiger partial charge >= 0.3 is 5.97 Å². The molecular formula is C10H9NO3. The summed E-state index contributed by atoms with van der Waals surface area (Å²) in [4.78, 5) is 20.1. The molecule has 0 aliphatic heterocycles. The lowest BCUT2D eigenvalue weighted by Crippen LogP contribution is -2.03. The first-order valence-corrected chi connectivity index (χ1v) is 4.13. The summed E-state index contributed by atoms with van der Waals surface area (Å²) in [6, 6.07) is 7.28. The van der Waals surface area contributed by atoms with E-state index in [0.717, 1.165) is 5.52 Å². The van der Waals surface area contributed by atoms with E-state index in [0.29, 0.717) is 5.56 Å². The molecule has 0 N–H and O–H groups in total. The number of fused-ring (bicyclic) bond motifs is 1. The summed E-state index contributed by atoms with van der Waals surface area (Å²) in [5.74, 6) is -0.485. The lowest BCUT2D eigenvalue weighted by molar-refractivity contribution is -0.216. The Morgan fingerprint density at radius 2 is 2.14 bits per heavy atom. The molecule has 0 aliphatic carbocycles. The third-order valence-corrected chi connectivity index (χ3v) is 1.95. The summed E-state index contributed by atoms with van der Waals surface area (Å²) >= 11 is 0. The summed E-state index contributed by atoms with van der Waals surface area (Å²) in [5.41, 5.74) is 1.29. The first kappa shape index (κ1) is 8.77. The molecule has 4 nitrogen and oxygen atoms in total. The van der Waals surface area contributed by atoms with E-state index in [4.69, 9.17) is 0 Å². The molecule has 2 heterocycles. The van der Waals surface area contributed by atoms with E-state index in [9.17, 15) is 4.79 Å². The van der Waals surface area contributed by atoms with Crippen molar-refractivity contribution in [2.24, 2.45) is 0 Å². The molecule has 2 rings (SSSR count). The van der Waals surface area contributed by atoms with Gasteiger partial charge in [0, 0.05) is 12.4 Å². The zero-order valence-electron chi connectivity index (χ0n) is 7.64.